The van der Waals surface area contributed by atoms with E-state index in [1.807, 2.05) is 66.7 Å². The number of hydrogen-bond donors (Lipinski definition) is 1. The molecule has 0 saturated heterocycles. The summed E-state index contributed by atoms with van der Waals surface area (Å²) in [5.74, 6) is 1.99. The van der Waals surface area contributed by atoms with Crippen LogP contribution in [0.1, 0.15) is 36.2 Å². The molecule has 0 heterocycles. The Morgan fingerprint density at radius 1 is 0.828 bits per heavy atom. The highest BCUT2D eigenvalue weighted by atomic mass is 16.5. The van der Waals surface area contributed by atoms with Gasteiger partial charge in [0.15, 0.2) is 0 Å². The van der Waals surface area contributed by atoms with Crippen LogP contribution in [0.4, 0.5) is 5.69 Å². The van der Waals surface area contributed by atoms with Gasteiger partial charge >= 0.3 is 0 Å². The van der Waals surface area contributed by atoms with E-state index in [1.54, 1.807) is 12.1 Å². The van der Waals surface area contributed by atoms with Crippen molar-refractivity contribution in [2.45, 2.75) is 26.9 Å². The topological polar surface area (TPSA) is 47.6 Å². The standard InChI is InChI=1S/C25H27NO3/c1-19(2)16-17-28-23-12-8-21(9-13-23)25(27)26-22-10-14-24(15-11-22)29-18-20-6-4-3-5-7-20/h3-15,19H,16-18H2,1-2H3,(H,26,27). The lowest BCUT2D eigenvalue weighted by molar-refractivity contribution is 0.102. The molecule has 0 saturated carbocycles. The van der Waals surface area contributed by atoms with Gasteiger partial charge in [0.05, 0.1) is 6.61 Å². The molecule has 0 unspecified atom stereocenters. The van der Waals surface area contributed by atoms with Crippen molar-refractivity contribution < 1.29 is 14.3 Å². The molecule has 0 fully saturated rings. The Kier molecular flexibility index (Phi) is 7.28. The van der Waals surface area contributed by atoms with E-state index in [0.29, 0.717) is 24.7 Å². The summed E-state index contributed by atoms with van der Waals surface area (Å²) in [5, 5.41) is 2.90. The molecule has 0 aromatic heterocycles. The highest BCUT2D eigenvalue weighted by molar-refractivity contribution is 6.04. The van der Waals surface area contributed by atoms with E-state index in [0.717, 1.165) is 29.2 Å². The van der Waals surface area contributed by atoms with Crippen LogP contribution in [0.2, 0.25) is 0 Å². The number of ether oxygens (including phenoxy) is 2. The maximum atomic E-state index is 12.4. The number of carbonyl (C=O) groups excluding carboxylic acids is 1. The lowest BCUT2D eigenvalue weighted by atomic mass is 10.1. The minimum Gasteiger partial charge on any atom is -0.494 e. The van der Waals surface area contributed by atoms with Gasteiger partial charge in [-0.2, -0.15) is 0 Å². The minimum atomic E-state index is -0.156. The molecule has 1 amide bonds. The first kappa shape index (κ1) is 20.5. The fourth-order valence-corrected chi connectivity index (χ4v) is 2.69. The van der Waals surface area contributed by atoms with Gasteiger partial charge in [-0.1, -0.05) is 44.2 Å². The zero-order valence-corrected chi connectivity index (χ0v) is 16.9. The second-order valence-corrected chi connectivity index (χ2v) is 7.31. The third kappa shape index (κ3) is 6.68. The summed E-state index contributed by atoms with van der Waals surface area (Å²) in [6, 6.07) is 24.6. The van der Waals surface area contributed by atoms with Gasteiger partial charge in [0, 0.05) is 11.3 Å². The van der Waals surface area contributed by atoms with Gasteiger partial charge in [0.2, 0.25) is 0 Å². The third-order valence-corrected chi connectivity index (χ3v) is 4.44. The molecule has 0 spiro atoms. The summed E-state index contributed by atoms with van der Waals surface area (Å²) < 4.78 is 11.5. The van der Waals surface area contributed by atoms with Gasteiger partial charge in [-0.3, -0.25) is 4.79 Å². The molecule has 0 aliphatic heterocycles. The zero-order valence-electron chi connectivity index (χ0n) is 16.9. The highest BCUT2D eigenvalue weighted by Gasteiger charge is 2.07. The van der Waals surface area contributed by atoms with E-state index in [2.05, 4.69) is 19.2 Å². The van der Waals surface area contributed by atoms with Gasteiger partial charge in [0.1, 0.15) is 18.1 Å². The van der Waals surface area contributed by atoms with Crippen LogP contribution in [-0.2, 0) is 6.61 Å². The summed E-state index contributed by atoms with van der Waals surface area (Å²) >= 11 is 0. The van der Waals surface area contributed by atoms with Crippen LogP contribution >= 0.6 is 0 Å². The Bertz CT molecular complexity index is 888. The molecule has 0 aliphatic carbocycles. The van der Waals surface area contributed by atoms with Crippen LogP contribution in [-0.4, -0.2) is 12.5 Å². The SMILES string of the molecule is CC(C)CCOc1ccc(C(=O)Nc2ccc(OCc3ccccc3)cc2)cc1. The molecule has 0 aliphatic rings. The molecule has 0 radical (unpaired) electrons. The van der Waals surface area contributed by atoms with Crippen molar-refractivity contribution in [2.24, 2.45) is 5.92 Å². The summed E-state index contributed by atoms with van der Waals surface area (Å²) in [4.78, 5) is 12.4. The molecule has 4 nitrogen and oxygen atoms in total. The van der Waals surface area contributed by atoms with E-state index in [1.165, 1.54) is 0 Å². The van der Waals surface area contributed by atoms with E-state index in [9.17, 15) is 4.79 Å². The Morgan fingerprint density at radius 3 is 2.10 bits per heavy atom. The van der Waals surface area contributed by atoms with Gasteiger partial charge in [-0.15, -0.1) is 0 Å². The maximum Gasteiger partial charge on any atom is 0.255 e. The van der Waals surface area contributed by atoms with Crippen LogP contribution in [0.5, 0.6) is 11.5 Å². The number of carbonyl (C=O) groups is 1. The lowest BCUT2D eigenvalue weighted by Gasteiger charge is -2.10. The Hall–Kier alpha value is -3.27. The number of hydrogen-bond acceptors (Lipinski definition) is 3. The first-order valence-electron chi connectivity index (χ1n) is 9.91. The fraction of sp³-hybridized carbons (Fsp3) is 0.240. The Balaban J connectivity index is 1.49. The van der Waals surface area contributed by atoms with Crippen molar-refractivity contribution >= 4 is 11.6 Å². The monoisotopic (exact) mass is 389 g/mol. The molecule has 0 atom stereocenters. The van der Waals surface area contributed by atoms with Crippen molar-refractivity contribution in [3.05, 3.63) is 90.0 Å². The van der Waals surface area contributed by atoms with Crippen LogP contribution in [0.25, 0.3) is 0 Å². The van der Waals surface area contributed by atoms with E-state index in [-0.39, 0.29) is 5.91 Å². The van der Waals surface area contributed by atoms with E-state index in [4.69, 9.17) is 9.47 Å². The molecule has 3 aromatic rings. The summed E-state index contributed by atoms with van der Waals surface area (Å²) in [6.07, 6.45) is 1.01. The highest BCUT2D eigenvalue weighted by Crippen LogP contribution is 2.19. The summed E-state index contributed by atoms with van der Waals surface area (Å²) in [5.41, 5.74) is 2.42. The Labute approximate surface area is 172 Å². The fourth-order valence-electron chi connectivity index (χ4n) is 2.69. The van der Waals surface area contributed by atoms with Crippen molar-refractivity contribution in [1.82, 2.24) is 0 Å². The van der Waals surface area contributed by atoms with Gasteiger partial charge in [-0.25, -0.2) is 0 Å². The number of nitrogens with one attached hydrogen (secondary N) is 1. The molecule has 150 valence electrons. The minimum absolute atomic E-state index is 0.156. The van der Waals surface area contributed by atoms with E-state index >= 15 is 0 Å². The zero-order chi connectivity index (χ0) is 20.5. The van der Waals surface area contributed by atoms with Crippen LogP contribution in [0.15, 0.2) is 78.9 Å². The first-order valence-corrected chi connectivity index (χ1v) is 9.91. The first-order chi connectivity index (χ1) is 14.1. The number of rotatable bonds is 9. The molecule has 4 heteroatoms. The average molecular weight is 389 g/mol. The number of amides is 1. The molecular formula is C25H27NO3. The van der Waals surface area contributed by atoms with Crippen LogP contribution in [0, 0.1) is 5.92 Å². The van der Waals surface area contributed by atoms with E-state index < -0.39 is 0 Å². The number of anilines is 1. The summed E-state index contributed by atoms with van der Waals surface area (Å²) in [7, 11) is 0. The predicted molar refractivity (Wildman–Crippen MR) is 117 cm³/mol. The summed E-state index contributed by atoms with van der Waals surface area (Å²) in [6.45, 7) is 5.53. The number of benzene rings is 3. The molecule has 0 bridgehead atoms. The van der Waals surface area contributed by atoms with Crippen LogP contribution < -0.4 is 14.8 Å². The van der Waals surface area contributed by atoms with Crippen LogP contribution in [0.3, 0.4) is 0 Å². The maximum absolute atomic E-state index is 12.4. The third-order valence-electron chi connectivity index (χ3n) is 4.44. The van der Waals surface area contributed by atoms with Gasteiger partial charge < -0.3 is 14.8 Å². The van der Waals surface area contributed by atoms with Gasteiger partial charge in [0.25, 0.3) is 5.91 Å². The largest absolute Gasteiger partial charge is 0.494 e. The smallest absolute Gasteiger partial charge is 0.255 e. The normalized spacial score (nSPS) is 10.6. The molecule has 29 heavy (non-hydrogen) atoms. The predicted octanol–water partition coefficient (Wildman–Crippen LogP) is 5.94. The second kappa shape index (κ2) is 10.3. The van der Waals surface area contributed by atoms with Gasteiger partial charge in [-0.05, 0) is 66.4 Å². The lowest BCUT2D eigenvalue weighted by Crippen LogP contribution is -2.11. The van der Waals surface area contributed by atoms with Crippen molar-refractivity contribution in [1.29, 1.82) is 0 Å². The molecule has 3 rings (SSSR count). The van der Waals surface area contributed by atoms with Crippen molar-refractivity contribution in [3.8, 4) is 11.5 Å². The van der Waals surface area contributed by atoms with Crippen molar-refractivity contribution in [2.75, 3.05) is 11.9 Å². The van der Waals surface area contributed by atoms with Crippen molar-refractivity contribution in [3.63, 3.8) is 0 Å². The average Bonchev–Trinajstić information content (AvgIpc) is 2.74. The second-order valence-electron chi connectivity index (χ2n) is 7.31. The quantitative estimate of drug-likeness (QED) is 0.492. The molecule has 3 aromatic carbocycles. The Morgan fingerprint density at radius 2 is 1.45 bits per heavy atom. The molecule has 1 N–H and O–H groups in total. The molecular weight excluding hydrogens is 362 g/mol.